The van der Waals surface area contributed by atoms with Gasteiger partial charge in [-0.2, -0.15) is 5.09 Å². The molecule has 11 nitrogen and oxygen atoms in total. The monoisotopic (exact) mass is 550 g/mol. The highest BCUT2D eigenvalue weighted by Crippen LogP contribution is 2.48. The predicted molar refractivity (Wildman–Crippen MR) is 139 cm³/mol. The smallest absolute Gasteiger partial charge is 0.459 e. The lowest BCUT2D eigenvalue weighted by atomic mass is 9.87. The normalized spacial score (nSPS) is 15.4. The molecule has 0 bridgehead atoms. The van der Waals surface area contributed by atoms with Crippen molar-refractivity contribution in [2.75, 3.05) is 20.3 Å². The molecule has 3 atom stereocenters. The topological polar surface area (TPSA) is 160 Å². The molecule has 38 heavy (non-hydrogen) atoms. The Morgan fingerprint density at radius 1 is 1.00 bits per heavy atom. The van der Waals surface area contributed by atoms with Gasteiger partial charge in [0.1, 0.15) is 17.4 Å². The highest BCUT2D eigenvalue weighted by Gasteiger charge is 2.45. The molecule has 2 aromatic rings. The summed E-state index contributed by atoms with van der Waals surface area (Å²) in [5.41, 5.74) is -2.37. The second kappa shape index (κ2) is 13.5. The fourth-order valence-electron chi connectivity index (χ4n) is 3.34. The first-order valence-electron chi connectivity index (χ1n) is 11.9. The lowest BCUT2D eigenvalue weighted by Gasteiger charge is -2.34. The van der Waals surface area contributed by atoms with E-state index in [1.165, 1.54) is 40.0 Å². The Labute approximate surface area is 222 Å². The van der Waals surface area contributed by atoms with E-state index in [4.69, 9.17) is 9.05 Å². The van der Waals surface area contributed by atoms with Crippen LogP contribution in [-0.2, 0) is 34.6 Å². The van der Waals surface area contributed by atoms with Crippen LogP contribution in [0.2, 0.25) is 0 Å². The first kappa shape index (κ1) is 31.0. The van der Waals surface area contributed by atoms with Crippen LogP contribution in [0.15, 0.2) is 60.7 Å². The van der Waals surface area contributed by atoms with E-state index >= 15 is 0 Å². The zero-order valence-corrected chi connectivity index (χ0v) is 22.8. The number of ether oxygens (including phenoxy) is 1. The zero-order chi connectivity index (χ0) is 28.4. The summed E-state index contributed by atoms with van der Waals surface area (Å²) in [6.07, 6.45) is -1.73. The van der Waals surface area contributed by atoms with Gasteiger partial charge in [-0.15, -0.1) is 0 Å². The van der Waals surface area contributed by atoms with Gasteiger partial charge in [-0.3, -0.25) is 18.9 Å². The van der Waals surface area contributed by atoms with Gasteiger partial charge in [0.15, 0.2) is 0 Å². The summed E-state index contributed by atoms with van der Waals surface area (Å²) in [5, 5.41) is 25.7. The van der Waals surface area contributed by atoms with Gasteiger partial charge in [-0.25, -0.2) is 4.57 Å². The minimum Gasteiger partial charge on any atom is -0.480 e. The number of hydrogen-bond donors (Lipinski definition) is 4. The number of carboxylic acid groups (broad SMARTS) is 1. The minimum atomic E-state index is -4.39. The van der Waals surface area contributed by atoms with E-state index in [1.807, 2.05) is 0 Å². The Balaban J connectivity index is 2.23. The van der Waals surface area contributed by atoms with Gasteiger partial charge in [0.05, 0.1) is 20.1 Å². The second-order valence-corrected chi connectivity index (χ2v) is 11.3. The zero-order valence-electron chi connectivity index (χ0n) is 21.9. The van der Waals surface area contributed by atoms with Gasteiger partial charge in [0.25, 0.3) is 0 Å². The number of methoxy groups -OCH3 is 1. The van der Waals surface area contributed by atoms with Crippen LogP contribution in [0.25, 0.3) is 0 Å². The molecule has 0 saturated heterocycles. The molecule has 0 aromatic heterocycles. The van der Waals surface area contributed by atoms with E-state index in [0.29, 0.717) is 5.56 Å². The molecule has 4 N–H and O–H groups in total. The van der Waals surface area contributed by atoms with Gasteiger partial charge in [0, 0.05) is 18.4 Å². The number of carbonyl (C=O) groups is 3. The van der Waals surface area contributed by atoms with Crippen LogP contribution in [0.3, 0.4) is 0 Å². The number of aliphatic hydroxyl groups is 1. The Hall–Kier alpha value is -3.24. The maximum absolute atomic E-state index is 14.0. The molecule has 2 rings (SSSR count). The quantitative estimate of drug-likeness (QED) is 0.192. The van der Waals surface area contributed by atoms with Crippen LogP contribution in [0, 0.1) is 5.41 Å². The third-order valence-corrected chi connectivity index (χ3v) is 7.36. The van der Waals surface area contributed by atoms with Crippen LogP contribution >= 0.6 is 7.75 Å². The molecule has 0 radical (unpaired) electrons. The van der Waals surface area contributed by atoms with Gasteiger partial charge in [0.2, 0.25) is 5.91 Å². The maximum atomic E-state index is 14.0. The molecule has 2 unspecified atom stereocenters. The molecule has 0 heterocycles. The Morgan fingerprint density at radius 2 is 1.58 bits per heavy atom. The molecule has 2 aromatic carbocycles. The number of esters is 1. The molecule has 0 saturated carbocycles. The third kappa shape index (κ3) is 9.25. The number of amides is 1. The Kier molecular flexibility index (Phi) is 11.0. The van der Waals surface area contributed by atoms with Crippen molar-refractivity contribution >= 4 is 25.6 Å². The third-order valence-electron chi connectivity index (χ3n) is 5.68. The molecule has 0 aliphatic heterocycles. The minimum absolute atomic E-state index is 0.0384. The van der Waals surface area contributed by atoms with Crippen LogP contribution in [0.4, 0.5) is 0 Å². The van der Waals surface area contributed by atoms with Crippen molar-refractivity contribution in [3.05, 3.63) is 66.2 Å². The van der Waals surface area contributed by atoms with E-state index in [9.17, 15) is 29.2 Å². The van der Waals surface area contributed by atoms with Crippen molar-refractivity contribution in [3.8, 4) is 5.75 Å². The van der Waals surface area contributed by atoms with Crippen molar-refractivity contribution < 1.29 is 42.9 Å². The van der Waals surface area contributed by atoms with Gasteiger partial charge in [-0.1, -0.05) is 62.4 Å². The summed E-state index contributed by atoms with van der Waals surface area (Å²) < 4.78 is 29.8. The highest BCUT2D eigenvalue weighted by atomic mass is 31.2. The summed E-state index contributed by atoms with van der Waals surface area (Å²) in [4.78, 5) is 36.0. The highest BCUT2D eigenvalue weighted by molar-refractivity contribution is 7.52. The number of hydrogen-bond acceptors (Lipinski definition) is 8. The molecule has 1 amide bonds. The first-order valence-corrected chi connectivity index (χ1v) is 13.4. The van der Waals surface area contributed by atoms with Crippen molar-refractivity contribution in [2.45, 2.75) is 45.3 Å². The lowest BCUT2D eigenvalue weighted by molar-refractivity contribution is -0.143. The summed E-state index contributed by atoms with van der Waals surface area (Å²) >= 11 is 0. The van der Waals surface area contributed by atoms with Crippen molar-refractivity contribution in [1.82, 2.24) is 10.4 Å². The number of aliphatic hydroxyl groups excluding tert-OH is 1. The van der Waals surface area contributed by atoms with Crippen LogP contribution < -0.4 is 14.9 Å². The van der Waals surface area contributed by atoms with E-state index in [1.54, 1.807) is 48.5 Å². The summed E-state index contributed by atoms with van der Waals surface area (Å²) in [6, 6.07) is 16.9. The molecule has 12 heteroatoms. The number of para-hydroxylation sites is 1. The van der Waals surface area contributed by atoms with Crippen LogP contribution in [-0.4, -0.2) is 60.0 Å². The molecule has 0 fully saturated rings. The molecule has 0 spiro atoms. The number of nitrogens with one attached hydrogen (secondary N) is 2. The summed E-state index contributed by atoms with van der Waals surface area (Å²) in [6.45, 7) is 3.88. The molecule has 0 aliphatic carbocycles. The predicted octanol–water partition coefficient (Wildman–Crippen LogP) is 2.93. The van der Waals surface area contributed by atoms with Gasteiger partial charge >= 0.3 is 19.7 Å². The summed E-state index contributed by atoms with van der Waals surface area (Å²) in [5.74, 6) is -2.42. The maximum Gasteiger partial charge on any atom is 0.459 e. The average molecular weight is 551 g/mol. The first-order chi connectivity index (χ1) is 17.8. The van der Waals surface area contributed by atoms with E-state index in [-0.39, 0.29) is 25.1 Å². The lowest BCUT2D eigenvalue weighted by Crippen LogP contribution is -2.51. The SMILES string of the molecule is COC(=O)CCNC(=O)C(O)C(C)(C)COP(=O)(N[C@@](C)(Cc1ccccc1)C(=O)O)Oc1ccccc1. The standard InChI is InChI=1S/C26H35N2O9P/c1-25(2,22(30)23(31)27-16-15-21(29)35-4)18-36-38(34,37-20-13-9-6-10-14-20)28-26(3,24(32)33)17-19-11-7-5-8-12-19/h5-14,22,30H,15-18H2,1-4H3,(H,27,31)(H,28,34)(H,32,33)/t22?,26-,38?/m0/s1. The van der Waals surface area contributed by atoms with E-state index in [0.717, 1.165) is 0 Å². The van der Waals surface area contributed by atoms with Crippen molar-refractivity contribution in [2.24, 2.45) is 5.41 Å². The van der Waals surface area contributed by atoms with Crippen LogP contribution in [0.1, 0.15) is 32.8 Å². The Morgan fingerprint density at radius 3 is 2.13 bits per heavy atom. The number of carbonyl (C=O) groups excluding carboxylic acids is 2. The van der Waals surface area contributed by atoms with Crippen molar-refractivity contribution in [1.29, 1.82) is 0 Å². The molecular weight excluding hydrogens is 515 g/mol. The number of carboxylic acids is 1. The second-order valence-electron chi connectivity index (χ2n) is 9.59. The average Bonchev–Trinajstić information content (AvgIpc) is 2.88. The van der Waals surface area contributed by atoms with E-state index in [2.05, 4.69) is 15.1 Å². The molecule has 0 aliphatic rings. The fourth-order valence-corrected chi connectivity index (χ4v) is 5.19. The molecular formula is C26H35N2O9P. The summed E-state index contributed by atoms with van der Waals surface area (Å²) in [7, 11) is -3.17. The number of aliphatic carboxylic acids is 1. The number of benzene rings is 2. The fraction of sp³-hybridized carbons (Fsp3) is 0.423. The number of rotatable bonds is 15. The van der Waals surface area contributed by atoms with Gasteiger partial charge < -0.3 is 24.8 Å². The van der Waals surface area contributed by atoms with Crippen LogP contribution in [0.5, 0.6) is 5.75 Å². The van der Waals surface area contributed by atoms with E-state index < -0.39 is 49.3 Å². The largest absolute Gasteiger partial charge is 0.480 e. The van der Waals surface area contributed by atoms with Crippen molar-refractivity contribution in [3.63, 3.8) is 0 Å². The Bertz CT molecular complexity index is 1130. The molecule has 208 valence electrons. The van der Waals surface area contributed by atoms with Gasteiger partial charge in [-0.05, 0) is 24.6 Å².